The highest BCUT2D eigenvalue weighted by molar-refractivity contribution is 6.35. The number of carbonyl (C=O) groups is 1. The lowest BCUT2D eigenvalue weighted by atomic mass is 10.2. The quantitative estimate of drug-likeness (QED) is 0.405. The first-order chi connectivity index (χ1) is 13.8. The van der Waals surface area contributed by atoms with Gasteiger partial charge in [-0.15, -0.1) is 0 Å². The van der Waals surface area contributed by atoms with Crippen LogP contribution >= 0.6 is 23.2 Å². The lowest BCUT2D eigenvalue weighted by molar-refractivity contribution is -0.384. The van der Waals surface area contributed by atoms with Gasteiger partial charge in [-0.3, -0.25) is 19.6 Å². The van der Waals surface area contributed by atoms with Crippen LogP contribution < -0.4 is 10.1 Å². The van der Waals surface area contributed by atoms with Crippen LogP contribution in [0.1, 0.15) is 12.1 Å². The zero-order chi connectivity index (χ0) is 21.0. The van der Waals surface area contributed by atoms with Crippen LogP contribution in [-0.2, 0) is 11.3 Å². The van der Waals surface area contributed by atoms with E-state index in [4.69, 9.17) is 27.9 Å². The van der Waals surface area contributed by atoms with Gasteiger partial charge in [0.1, 0.15) is 11.5 Å². The van der Waals surface area contributed by atoms with Crippen molar-refractivity contribution in [1.29, 1.82) is 0 Å². The van der Waals surface area contributed by atoms with Crippen molar-refractivity contribution in [2.75, 3.05) is 5.32 Å². The molecule has 0 fully saturated rings. The first-order valence-corrected chi connectivity index (χ1v) is 9.28. The van der Waals surface area contributed by atoms with Crippen LogP contribution in [0.3, 0.4) is 0 Å². The second-order valence-electron chi connectivity index (χ2n) is 6.14. The monoisotopic (exact) mass is 434 g/mol. The molecule has 0 atom stereocenters. The number of amides is 1. The number of anilines is 1. The van der Waals surface area contributed by atoms with Crippen LogP contribution in [-0.4, -0.2) is 20.6 Å². The number of benzene rings is 2. The van der Waals surface area contributed by atoms with Crippen LogP contribution in [0.2, 0.25) is 10.0 Å². The zero-order valence-electron chi connectivity index (χ0n) is 15.3. The fraction of sp³-hybridized carbons (Fsp3) is 0.158. The maximum atomic E-state index is 12.3. The molecule has 1 amide bonds. The molecule has 0 radical (unpaired) electrons. The average Bonchev–Trinajstić information content (AvgIpc) is 3.07. The van der Waals surface area contributed by atoms with Gasteiger partial charge in [0.25, 0.3) is 5.69 Å². The minimum Gasteiger partial charge on any atom is -0.455 e. The Morgan fingerprint density at radius 3 is 2.69 bits per heavy atom. The summed E-state index contributed by atoms with van der Waals surface area (Å²) in [5, 5.41) is 18.7. The van der Waals surface area contributed by atoms with E-state index in [1.54, 1.807) is 23.0 Å². The van der Waals surface area contributed by atoms with E-state index in [0.717, 1.165) is 5.69 Å². The largest absolute Gasteiger partial charge is 0.455 e. The summed E-state index contributed by atoms with van der Waals surface area (Å²) in [7, 11) is 0. The van der Waals surface area contributed by atoms with Gasteiger partial charge in [0.2, 0.25) is 5.91 Å². The SMILES string of the molecule is Cc1ccnn1CCC(=O)Nc1cc(Oc2ccc(Cl)cc2Cl)cc([N+](=O)[O-])c1. The van der Waals surface area contributed by atoms with Crippen molar-refractivity contribution in [1.82, 2.24) is 9.78 Å². The van der Waals surface area contributed by atoms with E-state index >= 15 is 0 Å². The Morgan fingerprint density at radius 2 is 2.03 bits per heavy atom. The summed E-state index contributed by atoms with van der Waals surface area (Å²) < 4.78 is 7.35. The van der Waals surface area contributed by atoms with Crippen molar-refractivity contribution in [2.24, 2.45) is 0 Å². The molecule has 0 aliphatic heterocycles. The molecule has 3 aromatic rings. The highest BCUT2D eigenvalue weighted by Gasteiger charge is 2.14. The minimum atomic E-state index is -0.570. The molecule has 0 unspecified atom stereocenters. The molecule has 8 nitrogen and oxygen atoms in total. The van der Waals surface area contributed by atoms with E-state index in [-0.39, 0.29) is 40.2 Å². The summed E-state index contributed by atoms with van der Waals surface area (Å²) in [6.07, 6.45) is 1.81. The Hall–Kier alpha value is -3.10. The van der Waals surface area contributed by atoms with Crippen LogP contribution in [0.15, 0.2) is 48.7 Å². The van der Waals surface area contributed by atoms with E-state index in [1.807, 2.05) is 13.0 Å². The third kappa shape index (κ3) is 5.46. The smallest absolute Gasteiger partial charge is 0.275 e. The number of ether oxygens (including phenoxy) is 1. The topological polar surface area (TPSA) is 99.3 Å². The number of rotatable bonds is 7. The third-order valence-electron chi connectivity index (χ3n) is 3.99. The fourth-order valence-electron chi connectivity index (χ4n) is 2.57. The first-order valence-electron chi connectivity index (χ1n) is 8.52. The van der Waals surface area contributed by atoms with E-state index in [1.165, 1.54) is 24.3 Å². The number of nitrogens with zero attached hydrogens (tertiary/aromatic N) is 3. The molecule has 0 saturated carbocycles. The van der Waals surface area contributed by atoms with Gasteiger partial charge in [-0.2, -0.15) is 5.10 Å². The lowest BCUT2D eigenvalue weighted by Crippen LogP contribution is -2.15. The second-order valence-corrected chi connectivity index (χ2v) is 6.99. The predicted octanol–water partition coefficient (Wildman–Crippen LogP) is 5.23. The molecule has 150 valence electrons. The number of hydrogen-bond acceptors (Lipinski definition) is 5. The molecule has 1 heterocycles. The number of nitrogens with one attached hydrogen (secondary N) is 1. The average molecular weight is 435 g/mol. The number of nitro benzene ring substituents is 1. The lowest BCUT2D eigenvalue weighted by Gasteiger charge is -2.11. The van der Waals surface area contributed by atoms with Gasteiger partial charge < -0.3 is 10.1 Å². The van der Waals surface area contributed by atoms with Crippen LogP contribution in [0.5, 0.6) is 11.5 Å². The molecule has 10 heteroatoms. The Kier molecular flexibility index (Phi) is 6.36. The van der Waals surface area contributed by atoms with E-state index in [2.05, 4.69) is 10.4 Å². The van der Waals surface area contributed by atoms with Gasteiger partial charge in [-0.1, -0.05) is 23.2 Å². The van der Waals surface area contributed by atoms with Crippen molar-refractivity contribution in [2.45, 2.75) is 19.9 Å². The minimum absolute atomic E-state index is 0.154. The Balaban J connectivity index is 1.76. The van der Waals surface area contributed by atoms with Gasteiger partial charge in [0.15, 0.2) is 0 Å². The Labute approximate surface area is 176 Å². The standard InChI is InChI=1S/C19H16Cl2N4O4/c1-12-4-6-22-24(12)7-5-19(26)23-14-9-15(25(27)28)11-16(10-14)29-18-3-2-13(20)8-17(18)21/h2-4,6,8-11H,5,7H2,1H3,(H,23,26). The predicted molar refractivity (Wildman–Crippen MR) is 110 cm³/mol. The summed E-state index contributed by atoms with van der Waals surface area (Å²) >= 11 is 12.0. The number of aryl methyl sites for hydroxylation is 2. The molecule has 0 spiro atoms. The van der Waals surface area contributed by atoms with E-state index < -0.39 is 4.92 Å². The molecule has 0 aliphatic carbocycles. The molecule has 0 bridgehead atoms. The van der Waals surface area contributed by atoms with E-state index in [0.29, 0.717) is 11.6 Å². The molecule has 1 N–H and O–H groups in total. The van der Waals surface area contributed by atoms with Crippen molar-refractivity contribution >= 4 is 40.5 Å². The summed E-state index contributed by atoms with van der Waals surface area (Å²) in [6.45, 7) is 2.28. The zero-order valence-corrected chi connectivity index (χ0v) is 16.8. The van der Waals surface area contributed by atoms with Gasteiger partial charge in [-0.05, 0) is 31.2 Å². The molecule has 0 aliphatic rings. The molecular formula is C19H16Cl2N4O4. The van der Waals surface area contributed by atoms with Crippen LogP contribution in [0.25, 0.3) is 0 Å². The van der Waals surface area contributed by atoms with Crippen LogP contribution in [0, 0.1) is 17.0 Å². The molecule has 29 heavy (non-hydrogen) atoms. The number of carbonyl (C=O) groups excluding carboxylic acids is 1. The van der Waals surface area contributed by atoms with Crippen molar-refractivity contribution in [3.05, 3.63) is 74.5 Å². The fourth-order valence-corrected chi connectivity index (χ4v) is 3.02. The van der Waals surface area contributed by atoms with Crippen molar-refractivity contribution in [3.8, 4) is 11.5 Å². The molecule has 2 aromatic carbocycles. The maximum absolute atomic E-state index is 12.3. The first kappa shape index (κ1) is 20.6. The summed E-state index contributed by atoms with van der Waals surface area (Å²) in [5.74, 6) is 0.125. The summed E-state index contributed by atoms with van der Waals surface area (Å²) in [4.78, 5) is 22.9. The van der Waals surface area contributed by atoms with Gasteiger partial charge >= 0.3 is 0 Å². The maximum Gasteiger partial charge on any atom is 0.275 e. The third-order valence-corrected chi connectivity index (χ3v) is 4.52. The molecular weight excluding hydrogens is 419 g/mol. The van der Waals surface area contributed by atoms with Gasteiger partial charge in [-0.25, -0.2) is 0 Å². The van der Waals surface area contributed by atoms with Crippen LogP contribution in [0.4, 0.5) is 11.4 Å². The Bertz CT molecular complexity index is 1070. The Morgan fingerprint density at radius 1 is 1.24 bits per heavy atom. The van der Waals surface area contributed by atoms with Gasteiger partial charge in [0, 0.05) is 42.0 Å². The normalized spacial score (nSPS) is 10.6. The second kappa shape index (κ2) is 8.93. The number of nitro groups is 1. The van der Waals surface area contributed by atoms with Gasteiger partial charge in [0.05, 0.1) is 21.7 Å². The summed E-state index contributed by atoms with van der Waals surface area (Å²) in [6, 6.07) is 10.4. The summed E-state index contributed by atoms with van der Waals surface area (Å²) in [5.41, 5.74) is 0.941. The number of non-ortho nitro benzene ring substituents is 1. The molecule has 0 saturated heterocycles. The van der Waals surface area contributed by atoms with Crippen molar-refractivity contribution in [3.63, 3.8) is 0 Å². The van der Waals surface area contributed by atoms with E-state index in [9.17, 15) is 14.9 Å². The molecule has 3 rings (SSSR count). The molecule has 1 aromatic heterocycles. The number of halogens is 2. The highest BCUT2D eigenvalue weighted by Crippen LogP contribution is 2.34. The highest BCUT2D eigenvalue weighted by atomic mass is 35.5. The number of aromatic nitrogens is 2. The number of hydrogen-bond donors (Lipinski definition) is 1. The van der Waals surface area contributed by atoms with Crippen molar-refractivity contribution < 1.29 is 14.5 Å².